The third kappa shape index (κ3) is 7.79. The molecule has 8 nitrogen and oxygen atoms in total. The lowest BCUT2D eigenvalue weighted by Gasteiger charge is -2.34. The van der Waals surface area contributed by atoms with Gasteiger partial charge in [-0.25, -0.2) is 4.99 Å². The molecule has 4 N–H and O–H groups in total. The molecule has 0 aromatic heterocycles. The van der Waals surface area contributed by atoms with Crippen molar-refractivity contribution in [1.29, 1.82) is 0 Å². The average molecular weight is 432 g/mol. The topological polar surface area (TPSA) is 98.2 Å². The summed E-state index contributed by atoms with van der Waals surface area (Å²) in [5.74, 6) is 0.939. The van der Waals surface area contributed by atoms with E-state index in [0.717, 1.165) is 50.1 Å². The van der Waals surface area contributed by atoms with Crippen molar-refractivity contribution in [2.24, 2.45) is 10.9 Å². The van der Waals surface area contributed by atoms with Gasteiger partial charge in [0.1, 0.15) is 0 Å². The molecule has 2 aliphatic rings. The molecule has 3 rings (SSSR count). The molecular formula is C23H37N5O3. The Hall–Kier alpha value is -2.16. The second kappa shape index (κ2) is 11.5. The van der Waals surface area contributed by atoms with Gasteiger partial charge in [0, 0.05) is 44.3 Å². The molecule has 0 spiro atoms. The number of aliphatic imine (C=N–C) groups is 1. The predicted octanol–water partition coefficient (Wildman–Crippen LogP) is 1.56. The summed E-state index contributed by atoms with van der Waals surface area (Å²) < 4.78 is 5.38. The first kappa shape index (κ1) is 23.5. The summed E-state index contributed by atoms with van der Waals surface area (Å²) in [6, 6.07) is 7.82. The van der Waals surface area contributed by atoms with Crippen LogP contribution < -0.4 is 16.0 Å². The van der Waals surface area contributed by atoms with Crippen LogP contribution in [0.4, 0.5) is 5.69 Å². The highest BCUT2D eigenvalue weighted by Crippen LogP contribution is 2.27. The van der Waals surface area contributed by atoms with Gasteiger partial charge in [0.2, 0.25) is 5.91 Å². The summed E-state index contributed by atoms with van der Waals surface area (Å²) in [6.07, 6.45) is 3.12. The van der Waals surface area contributed by atoms with E-state index in [1.165, 1.54) is 0 Å². The molecule has 0 bridgehead atoms. The molecule has 0 radical (unpaired) electrons. The average Bonchev–Trinajstić information content (AvgIpc) is 2.69. The van der Waals surface area contributed by atoms with E-state index < -0.39 is 5.60 Å². The van der Waals surface area contributed by atoms with Gasteiger partial charge in [-0.15, -0.1) is 0 Å². The molecule has 1 aromatic rings. The quantitative estimate of drug-likeness (QED) is 0.350. The minimum absolute atomic E-state index is 0.115. The molecule has 8 heteroatoms. The number of hydrogen-bond donors (Lipinski definition) is 4. The number of morpholine rings is 1. The van der Waals surface area contributed by atoms with Crippen LogP contribution in [0.2, 0.25) is 0 Å². The Bertz CT molecular complexity index is 742. The van der Waals surface area contributed by atoms with E-state index in [9.17, 15) is 9.90 Å². The molecule has 1 atom stereocenters. The normalized spacial score (nSPS) is 19.9. The van der Waals surface area contributed by atoms with Crippen LogP contribution >= 0.6 is 0 Å². The zero-order valence-electron chi connectivity index (χ0n) is 18.8. The van der Waals surface area contributed by atoms with Gasteiger partial charge >= 0.3 is 0 Å². The number of hydrogen-bond acceptors (Lipinski definition) is 5. The Balaban J connectivity index is 1.52. The van der Waals surface area contributed by atoms with E-state index >= 15 is 0 Å². The van der Waals surface area contributed by atoms with Crippen molar-refractivity contribution >= 4 is 17.6 Å². The Morgan fingerprint density at radius 2 is 2.06 bits per heavy atom. The van der Waals surface area contributed by atoms with E-state index in [1.807, 2.05) is 38.1 Å². The number of amides is 1. The maximum Gasteiger partial charge on any atom is 0.227 e. The molecule has 2 fully saturated rings. The second-order valence-corrected chi connectivity index (χ2v) is 8.75. The number of aliphatic hydroxyl groups is 1. The van der Waals surface area contributed by atoms with Gasteiger partial charge in [-0.1, -0.05) is 18.6 Å². The molecule has 1 saturated heterocycles. The molecule has 1 aromatic carbocycles. The third-order valence-corrected chi connectivity index (χ3v) is 5.74. The van der Waals surface area contributed by atoms with Crippen LogP contribution in [0.3, 0.4) is 0 Å². The number of rotatable bonds is 9. The monoisotopic (exact) mass is 431 g/mol. The number of ether oxygens (including phenoxy) is 1. The van der Waals surface area contributed by atoms with Crippen molar-refractivity contribution in [3.63, 3.8) is 0 Å². The molecule has 1 amide bonds. The van der Waals surface area contributed by atoms with Gasteiger partial charge in [-0.3, -0.25) is 9.69 Å². The molecular weight excluding hydrogens is 394 g/mol. The van der Waals surface area contributed by atoms with Gasteiger partial charge in [-0.2, -0.15) is 0 Å². The van der Waals surface area contributed by atoms with Gasteiger partial charge in [0.25, 0.3) is 0 Å². The number of nitrogens with zero attached hydrogens (tertiary/aromatic N) is 2. The van der Waals surface area contributed by atoms with Crippen molar-refractivity contribution in [1.82, 2.24) is 15.5 Å². The highest BCUT2D eigenvalue weighted by Gasteiger charge is 2.26. The highest BCUT2D eigenvalue weighted by molar-refractivity contribution is 5.93. The molecule has 1 heterocycles. The first-order valence-corrected chi connectivity index (χ1v) is 11.4. The number of benzene rings is 1. The smallest absolute Gasteiger partial charge is 0.227 e. The summed E-state index contributed by atoms with van der Waals surface area (Å²) in [4.78, 5) is 19.1. The molecule has 1 unspecified atom stereocenters. The van der Waals surface area contributed by atoms with Crippen molar-refractivity contribution in [2.45, 2.75) is 45.3 Å². The first-order valence-electron chi connectivity index (χ1n) is 11.4. The minimum Gasteiger partial charge on any atom is -0.387 e. The summed E-state index contributed by atoms with van der Waals surface area (Å²) in [6.45, 7) is 9.17. The Labute approximate surface area is 185 Å². The number of carbonyl (C=O) groups excluding carboxylic acids is 1. The van der Waals surface area contributed by atoms with E-state index in [2.05, 4.69) is 25.8 Å². The zero-order chi connectivity index (χ0) is 22.1. The summed E-state index contributed by atoms with van der Waals surface area (Å²) in [5.41, 5.74) is 0.957. The molecule has 31 heavy (non-hydrogen) atoms. The Kier molecular flexibility index (Phi) is 8.69. The third-order valence-electron chi connectivity index (χ3n) is 5.74. The lowest BCUT2D eigenvalue weighted by Crippen LogP contribution is -2.52. The van der Waals surface area contributed by atoms with Crippen LogP contribution in [0.5, 0.6) is 0 Å². The van der Waals surface area contributed by atoms with Crippen LogP contribution in [0.15, 0.2) is 29.3 Å². The molecule has 1 aliphatic carbocycles. The van der Waals surface area contributed by atoms with Gasteiger partial charge < -0.3 is 25.8 Å². The maximum absolute atomic E-state index is 12.2. The number of guanidine groups is 1. The number of nitrogens with one attached hydrogen (secondary N) is 3. The van der Waals surface area contributed by atoms with Crippen molar-refractivity contribution < 1.29 is 14.6 Å². The Morgan fingerprint density at radius 3 is 2.74 bits per heavy atom. The van der Waals surface area contributed by atoms with Crippen LogP contribution in [0.25, 0.3) is 0 Å². The van der Waals surface area contributed by atoms with E-state index in [4.69, 9.17) is 4.74 Å². The standard InChI is InChI=1S/C23H37N5O3/c1-3-24-22(26-16-23(2,30)17-28-10-12-31-13-11-28)25-15-18-6-4-9-20(14-18)27-21(29)19-7-5-8-19/h4,6,9,14,19,30H,3,5,7-8,10-13,15-17H2,1-2H3,(H,27,29)(H2,24,25,26). The molecule has 1 aliphatic heterocycles. The van der Waals surface area contributed by atoms with Crippen LogP contribution in [-0.4, -0.2) is 73.4 Å². The van der Waals surface area contributed by atoms with Crippen LogP contribution in [-0.2, 0) is 16.1 Å². The van der Waals surface area contributed by atoms with Crippen LogP contribution in [0, 0.1) is 5.92 Å². The van der Waals surface area contributed by atoms with Gasteiger partial charge in [0.15, 0.2) is 5.96 Å². The fourth-order valence-corrected chi connectivity index (χ4v) is 3.75. The van der Waals surface area contributed by atoms with E-state index in [0.29, 0.717) is 38.8 Å². The Morgan fingerprint density at radius 1 is 1.29 bits per heavy atom. The second-order valence-electron chi connectivity index (χ2n) is 8.75. The number of carbonyl (C=O) groups is 1. The van der Waals surface area contributed by atoms with E-state index in [1.54, 1.807) is 0 Å². The highest BCUT2D eigenvalue weighted by atomic mass is 16.5. The summed E-state index contributed by atoms with van der Waals surface area (Å²) >= 11 is 0. The first-order chi connectivity index (χ1) is 14.9. The maximum atomic E-state index is 12.2. The number of β-amino-alcohol motifs (C(OH)–C–C–N with tert-alkyl or cyclic N) is 1. The fraction of sp³-hybridized carbons (Fsp3) is 0.652. The van der Waals surface area contributed by atoms with Gasteiger partial charge in [0.05, 0.1) is 25.4 Å². The van der Waals surface area contributed by atoms with E-state index in [-0.39, 0.29) is 11.8 Å². The number of anilines is 1. The van der Waals surface area contributed by atoms with Crippen LogP contribution in [0.1, 0.15) is 38.7 Å². The summed E-state index contributed by atoms with van der Waals surface area (Å²) in [5, 5.41) is 20.3. The lowest BCUT2D eigenvalue weighted by atomic mass is 9.85. The SMILES string of the molecule is CCNC(=NCc1cccc(NC(=O)C2CCC2)c1)NCC(C)(O)CN1CCOCC1. The largest absolute Gasteiger partial charge is 0.387 e. The summed E-state index contributed by atoms with van der Waals surface area (Å²) in [7, 11) is 0. The zero-order valence-corrected chi connectivity index (χ0v) is 18.8. The van der Waals surface area contributed by atoms with Crippen molar-refractivity contribution in [2.75, 3.05) is 51.3 Å². The minimum atomic E-state index is -0.876. The fourth-order valence-electron chi connectivity index (χ4n) is 3.75. The molecule has 1 saturated carbocycles. The molecule has 172 valence electrons. The predicted molar refractivity (Wildman–Crippen MR) is 123 cm³/mol. The van der Waals surface area contributed by atoms with Crippen molar-refractivity contribution in [3.05, 3.63) is 29.8 Å². The van der Waals surface area contributed by atoms with Gasteiger partial charge in [-0.05, 0) is 44.4 Å². The lowest BCUT2D eigenvalue weighted by molar-refractivity contribution is -0.122. The van der Waals surface area contributed by atoms with Crippen molar-refractivity contribution in [3.8, 4) is 0 Å².